The molecule has 0 saturated carbocycles. The van der Waals surface area contributed by atoms with Crippen molar-refractivity contribution >= 4 is 28.6 Å². The summed E-state index contributed by atoms with van der Waals surface area (Å²) in [6, 6.07) is 14.1. The van der Waals surface area contributed by atoms with Crippen LogP contribution in [0.15, 0.2) is 53.3 Å². The molecule has 118 valence electrons. The number of aromatic nitrogens is 2. The number of benzene rings is 2. The molecule has 0 saturated heterocycles. The molecule has 1 aromatic heterocycles. The first kappa shape index (κ1) is 15.4. The minimum Gasteiger partial charge on any atom is -0.426 e. The summed E-state index contributed by atoms with van der Waals surface area (Å²) in [5, 5.41) is 0.501. The normalized spacial score (nSPS) is 10.9. The second-order valence-corrected chi connectivity index (χ2v) is 5.60. The zero-order chi connectivity index (χ0) is 16.4. The van der Waals surface area contributed by atoms with Crippen molar-refractivity contribution in [1.29, 1.82) is 0 Å². The van der Waals surface area contributed by atoms with E-state index in [4.69, 9.17) is 16.3 Å². The number of aryl methyl sites for hydroxylation is 2. The molecule has 0 aliphatic heterocycles. The van der Waals surface area contributed by atoms with Gasteiger partial charge >= 0.3 is 11.7 Å². The van der Waals surface area contributed by atoms with Gasteiger partial charge in [0, 0.05) is 18.6 Å². The minimum absolute atomic E-state index is 0.0976. The van der Waals surface area contributed by atoms with Gasteiger partial charge in [0.1, 0.15) is 5.75 Å². The van der Waals surface area contributed by atoms with Gasteiger partial charge in [-0.3, -0.25) is 13.9 Å². The molecule has 0 N–H and O–H groups in total. The van der Waals surface area contributed by atoms with E-state index in [1.807, 2.05) is 24.3 Å². The van der Waals surface area contributed by atoms with Gasteiger partial charge in [0.05, 0.1) is 17.5 Å². The summed E-state index contributed by atoms with van der Waals surface area (Å²) >= 11 is 5.85. The van der Waals surface area contributed by atoms with E-state index in [1.165, 1.54) is 0 Å². The first-order valence-corrected chi connectivity index (χ1v) is 7.54. The number of carbonyl (C=O) groups is 1. The van der Waals surface area contributed by atoms with Crippen molar-refractivity contribution in [1.82, 2.24) is 9.13 Å². The lowest BCUT2D eigenvalue weighted by Crippen LogP contribution is -2.24. The summed E-state index contributed by atoms with van der Waals surface area (Å²) in [5.74, 6) is -0.0140. The third-order valence-electron chi connectivity index (χ3n) is 3.62. The van der Waals surface area contributed by atoms with Crippen molar-refractivity contribution in [3.63, 3.8) is 0 Å². The second kappa shape index (κ2) is 6.30. The van der Waals surface area contributed by atoms with Gasteiger partial charge in [-0.05, 0) is 30.3 Å². The van der Waals surface area contributed by atoms with Crippen LogP contribution < -0.4 is 10.4 Å². The lowest BCUT2D eigenvalue weighted by atomic mass is 10.3. The molecule has 0 unspecified atom stereocenters. The maximum atomic E-state index is 12.3. The van der Waals surface area contributed by atoms with Crippen LogP contribution in [-0.4, -0.2) is 15.1 Å². The number of ether oxygens (including phenoxy) is 1. The van der Waals surface area contributed by atoms with Crippen molar-refractivity contribution in [2.24, 2.45) is 7.05 Å². The Balaban J connectivity index is 1.75. The maximum Gasteiger partial charge on any atom is 0.328 e. The summed E-state index contributed by atoms with van der Waals surface area (Å²) in [5.41, 5.74) is 1.48. The van der Waals surface area contributed by atoms with E-state index in [0.717, 1.165) is 11.0 Å². The predicted octanol–water partition coefficient (Wildman–Crippen LogP) is 2.99. The molecule has 0 aliphatic rings. The first-order chi connectivity index (χ1) is 11.1. The van der Waals surface area contributed by atoms with E-state index in [2.05, 4.69) is 0 Å². The van der Waals surface area contributed by atoms with Crippen LogP contribution >= 0.6 is 11.6 Å². The molecule has 0 radical (unpaired) electrons. The number of hydrogen-bond donors (Lipinski definition) is 0. The number of fused-ring (bicyclic) bond motifs is 1. The number of halogens is 1. The van der Waals surface area contributed by atoms with Gasteiger partial charge < -0.3 is 4.74 Å². The molecule has 0 amide bonds. The van der Waals surface area contributed by atoms with E-state index >= 15 is 0 Å². The lowest BCUT2D eigenvalue weighted by Gasteiger charge is -2.05. The highest BCUT2D eigenvalue weighted by atomic mass is 35.5. The monoisotopic (exact) mass is 330 g/mol. The number of para-hydroxylation sites is 2. The van der Waals surface area contributed by atoms with E-state index in [1.54, 1.807) is 40.4 Å². The third kappa shape index (κ3) is 3.14. The Morgan fingerprint density at radius 3 is 2.61 bits per heavy atom. The summed E-state index contributed by atoms with van der Waals surface area (Å²) in [4.78, 5) is 24.2. The second-order valence-electron chi connectivity index (χ2n) is 5.16. The number of esters is 1. The largest absolute Gasteiger partial charge is 0.426 e. The summed E-state index contributed by atoms with van der Waals surface area (Å²) in [6.07, 6.45) is 0.0976. The summed E-state index contributed by atoms with van der Waals surface area (Å²) in [7, 11) is 1.71. The molecule has 0 atom stereocenters. The van der Waals surface area contributed by atoms with E-state index in [9.17, 15) is 9.59 Å². The van der Waals surface area contributed by atoms with Gasteiger partial charge in [-0.2, -0.15) is 0 Å². The molecule has 23 heavy (non-hydrogen) atoms. The van der Waals surface area contributed by atoms with Crippen LogP contribution in [0, 0.1) is 0 Å². The van der Waals surface area contributed by atoms with Gasteiger partial charge in [0.15, 0.2) is 0 Å². The minimum atomic E-state index is -0.410. The van der Waals surface area contributed by atoms with Crippen LogP contribution in [0.4, 0.5) is 0 Å². The molecule has 3 aromatic rings. The molecule has 0 aliphatic carbocycles. The quantitative estimate of drug-likeness (QED) is 0.546. The van der Waals surface area contributed by atoms with Gasteiger partial charge in [0.25, 0.3) is 0 Å². The lowest BCUT2D eigenvalue weighted by molar-refractivity contribution is -0.134. The fourth-order valence-corrected chi connectivity index (χ4v) is 2.68. The molecule has 2 aromatic carbocycles. The van der Waals surface area contributed by atoms with Gasteiger partial charge in [-0.1, -0.05) is 29.8 Å². The molecule has 0 bridgehead atoms. The van der Waals surface area contributed by atoms with Crippen molar-refractivity contribution in [2.75, 3.05) is 0 Å². The van der Waals surface area contributed by atoms with Crippen LogP contribution in [-0.2, 0) is 18.4 Å². The molecule has 6 heteroatoms. The zero-order valence-electron chi connectivity index (χ0n) is 12.5. The van der Waals surface area contributed by atoms with E-state index in [0.29, 0.717) is 10.8 Å². The smallest absolute Gasteiger partial charge is 0.328 e. The number of hydrogen-bond acceptors (Lipinski definition) is 3. The van der Waals surface area contributed by atoms with Crippen molar-refractivity contribution in [2.45, 2.75) is 13.0 Å². The zero-order valence-corrected chi connectivity index (χ0v) is 13.3. The van der Waals surface area contributed by atoms with E-state index < -0.39 is 5.97 Å². The SMILES string of the molecule is Cn1c(=O)n(CCC(=O)Oc2cccc(Cl)c2)c2ccccc21. The first-order valence-electron chi connectivity index (χ1n) is 7.17. The Morgan fingerprint density at radius 1 is 1.13 bits per heavy atom. The van der Waals surface area contributed by atoms with Gasteiger partial charge in [-0.15, -0.1) is 0 Å². The standard InChI is InChI=1S/C17H15ClN2O3/c1-19-14-7-2-3-8-15(14)20(17(19)22)10-9-16(21)23-13-6-4-5-12(18)11-13/h2-8,11H,9-10H2,1H3. The fraction of sp³-hybridized carbons (Fsp3) is 0.176. The molecule has 0 fully saturated rings. The Bertz CT molecular complexity index is 927. The Morgan fingerprint density at radius 2 is 1.87 bits per heavy atom. The number of rotatable bonds is 4. The maximum absolute atomic E-state index is 12.3. The van der Waals surface area contributed by atoms with Gasteiger partial charge in [0.2, 0.25) is 0 Å². The topological polar surface area (TPSA) is 53.2 Å². The summed E-state index contributed by atoms with van der Waals surface area (Å²) in [6.45, 7) is 0.263. The van der Waals surface area contributed by atoms with E-state index in [-0.39, 0.29) is 18.7 Å². The van der Waals surface area contributed by atoms with Gasteiger partial charge in [-0.25, -0.2) is 4.79 Å². The fourth-order valence-electron chi connectivity index (χ4n) is 2.50. The van der Waals surface area contributed by atoms with Crippen LogP contribution in [0.3, 0.4) is 0 Å². The molecule has 3 rings (SSSR count). The molecule has 5 nitrogen and oxygen atoms in total. The van der Waals surface area contributed by atoms with Crippen LogP contribution in [0.2, 0.25) is 5.02 Å². The molecule has 0 spiro atoms. The molecule has 1 heterocycles. The highest BCUT2D eigenvalue weighted by Crippen LogP contribution is 2.18. The molecular formula is C17H15ClN2O3. The van der Waals surface area contributed by atoms with Crippen LogP contribution in [0.1, 0.15) is 6.42 Å². The third-order valence-corrected chi connectivity index (χ3v) is 3.85. The average Bonchev–Trinajstić information content (AvgIpc) is 2.77. The number of nitrogens with zero attached hydrogens (tertiary/aromatic N) is 2. The highest BCUT2D eigenvalue weighted by Gasteiger charge is 2.12. The Hall–Kier alpha value is -2.53. The van der Waals surface area contributed by atoms with Crippen molar-refractivity contribution in [3.8, 4) is 5.75 Å². The van der Waals surface area contributed by atoms with Crippen LogP contribution in [0.5, 0.6) is 5.75 Å². The van der Waals surface area contributed by atoms with Crippen molar-refractivity contribution < 1.29 is 9.53 Å². The summed E-state index contributed by atoms with van der Waals surface area (Å²) < 4.78 is 8.38. The Labute approximate surface area is 137 Å². The number of carbonyl (C=O) groups excluding carboxylic acids is 1. The predicted molar refractivity (Wildman–Crippen MR) is 88.9 cm³/mol. The number of imidazole rings is 1. The average molecular weight is 331 g/mol. The Kier molecular flexibility index (Phi) is 4.21. The van der Waals surface area contributed by atoms with Crippen LogP contribution in [0.25, 0.3) is 11.0 Å². The highest BCUT2D eigenvalue weighted by molar-refractivity contribution is 6.30. The van der Waals surface area contributed by atoms with Crippen molar-refractivity contribution in [3.05, 3.63) is 64.0 Å². The molecular weight excluding hydrogens is 316 g/mol.